The first-order chi connectivity index (χ1) is 4.60. The number of carbonyl (C=O) groups excluding carboxylic acids is 1. The second kappa shape index (κ2) is 2.22. The first kappa shape index (κ1) is 7.52. The summed E-state index contributed by atoms with van der Waals surface area (Å²) < 4.78 is 0. The van der Waals surface area contributed by atoms with Gasteiger partial charge in [0.05, 0.1) is 0 Å². The quantitative estimate of drug-likeness (QED) is 0.534. The third kappa shape index (κ3) is 0.898. The summed E-state index contributed by atoms with van der Waals surface area (Å²) in [6.45, 7) is 7.51. The molecule has 0 spiro atoms. The van der Waals surface area contributed by atoms with Gasteiger partial charge < -0.3 is 0 Å². The van der Waals surface area contributed by atoms with Gasteiger partial charge in [-0.05, 0) is 25.2 Å². The van der Waals surface area contributed by atoms with Gasteiger partial charge in [0.25, 0.3) is 0 Å². The molecule has 0 radical (unpaired) electrons. The minimum absolute atomic E-state index is 0.117. The molecule has 56 valence electrons. The molecule has 0 aromatic carbocycles. The van der Waals surface area contributed by atoms with E-state index in [1.807, 2.05) is 6.08 Å². The van der Waals surface area contributed by atoms with Gasteiger partial charge >= 0.3 is 0 Å². The zero-order chi connectivity index (χ0) is 7.78. The predicted molar refractivity (Wildman–Crippen MR) is 41.7 cm³/mol. The molecule has 1 saturated carbocycles. The standard InChI is InChI=1S/C9H14O/c1-4-9(3)6-5-8(9)7(2)10/h4,8H,1,5-6H2,2-3H3/t8-,9+/m0/s1. The Kier molecular flexibility index (Phi) is 1.67. The smallest absolute Gasteiger partial charge is 0.133 e. The fourth-order valence-corrected chi connectivity index (χ4v) is 1.66. The fourth-order valence-electron chi connectivity index (χ4n) is 1.66. The Morgan fingerprint density at radius 1 is 1.80 bits per heavy atom. The lowest BCUT2D eigenvalue weighted by molar-refractivity contribution is -0.128. The molecule has 1 aliphatic rings. The van der Waals surface area contributed by atoms with Crippen molar-refractivity contribution in [1.29, 1.82) is 0 Å². The van der Waals surface area contributed by atoms with E-state index in [0.717, 1.165) is 12.8 Å². The molecule has 0 bridgehead atoms. The molecule has 0 N–H and O–H groups in total. The molecular weight excluding hydrogens is 124 g/mol. The van der Waals surface area contributed by atoms with Crippen LogP contribution in [-0.4, -0.2) is 5.78 Å². The second-order valence-corrected chi connectivity index (χ2v) is 3.41. The Balaban J connectivity index is 2.66. The first-order valence-corrected chi connectivity index (χ1v) is 3.74. The third-order valence-electron chi connectivity index (χ3n) is 2.72. The van der Waals surface area contributed by atoms with Gasteiger partial charge in [-0.2, -0.15) is 0 Å². The van der Waals surface area contributed by atoms with E-state index in [4.69, 9.17) is 0 Å². The molecule has 10 heavy (non-hydrogen) atoms. The van der Waals surface area contributed by atoms with Crippen LogP contribution < -0.4 is 0 Å². The van der Waals surface area contributed by atoms with Crippen molar-refractivity contribution in [2.45, 2.75) is 26.7 Å². The van der Waals surface area contributed by atoms with Crippen LogP contribution in [0.15, 0.2) is 12.7 Å². The Morgan fingerprint density at radius 2 is 2.40 bits per heavy atom. The van der Waals surface area contributed by atoms with Crippen molar-refractivity contribution in [3.63, 3.8) is 0 Å². The normalized spacial score (nSPS) is 38.4. The van der Waals surface area contributed by atoms with E-state index in [1.165, 1.54) is 0 Å². The number of hydrogen-bond acceptors (Lipinski definition) is 1. The van der Waals surface area contributed by atoms with Gasteiger partial charge in [-0.25, -0.2) is 0 Å². The van der Waals surface area contributed by atoms with E-state index in [9.17, 15) is 4.79 Å². The van der Waals surface area contributed by atoms with Gasteiger partial charge in [0, 0.05) is 5.92 Å². The zero-order valence-corrected chi connectivity index (χ0v) is 6.68. The summed E-state index contributed by atoms with van der Waals surface area (Å²) in [7, 11) is 0. The molecule has 0 aromatic rings. The van der Waals surface area contributed by atoms with Crippen molar-refractivity contribution in [3.8, 4) is 0 Å². The van der Waals surface area contributed by atoms with Crippen LogP contribution in [0.1, 0.15) is 26.7 Å². The monoisotopic (exact) mass is 138 g/mol. The zero-order valence-electron chi connectivity index (χ0n) is 6.68. The molecule has 1 heteroatoms. The maximum Gasteiger partial charge on any atom is 0.133 e. The number of carbonyl (C=O) groups is 1. The summed E-state index contributed by atoms with van der Waals surface area (Å²) in [6.07, 6.45) is 4.10. The van der Waals surface area contributed by atoms with E-state index in [0.29, 0.717) is 5.78 Å². The Hall–Kier alpha value is -0.590. The summed E-state index contributed by atoms with van der Waals surface area (Å²) in [5.41, 5.74) is 0.117. The lowest BCUT2D eigenvalue weighted by Crippen LogP contribution is -2.39. The van der Waals surface area contributed by atoms with Gasteiger partial charge in [0.2, 0.25) is 0 Å². The van der Waals surface area contributed by atoms with Crippen LogP contribution in [0, 0.1) is 11.3 Å². The van der Waals surface area contributed by atoms with Crippen LogP contribution in [0.25, 0.3) is 0 Å². The van der Waals surface area contributed by atoms with Crippen LogP contribution >= 0.6 is 0 Å². The van der Waals surface area contributed by atoms with Gasteiger partial charge in [0.15, 0.2) is 0 Å². The van der Waals surface area contributed by atoms with Crippen molar-refractivity contribution in [3.05, 3.63) is 12.7 Å². The number of ketones is 1. The molecular formula is C9H14O. The summed E-state index contributed by atoms with van der Waals surface area (Å²) in [4.78, 5) is 11.0. The van der Waals surface area contributed by atoms with Gasteiger partial charge in [-0.1, -0.05) is 13.0 Å². The highest BCUT2D eigenvalue weighted by atomic mass is 16.1. The van der Waals surface area contributed by atoms with Gasteiger partial charge in [-0.3, -0.25) is 4.79 Å². The largest absolute Gasteiger partial charge is 0.300 e. The van der Waals surface area contributed by atoms with Crippen molar-refractivity contribution in [2.24, 2.45) is 11.3 Å². The molecule has 0 heterocycles. The second-order valence-electron chi connectivity index (χ2n) is 3.41. The van der Waals surface area contributed by atoms with Crippen molar-refractivity contribution in [2.75, 3.05) is 0 Å². The van der Waals surface area contributed by atoms with E-state index >= 15 is 0 Å². The number of hydrogen-bond donors (Lipinski definition) is 0. The summed E-state index contributed by atoms with van der Waals surface area (Å²) in [5, 5.41) is 0. The van der Waals surface area contributed by atoms with Crippen LogP contribution in [0.5, 0.6) is 0 Å². The molecule has 0 saturated heterocycles. The summed E-state index contributed by atoms with van der Waals surface area (Å²) in [6, 6.07) is 0. The lowest BCUT2D eigenvalue weighted by atomic mass is 9.60. The Morgan fingerprint density at radius 3 is 2.50 bits per heavy atom. The topological polar surface area (TPSA) is 17.1 Å². The average molecular weight is 138 g/mol. The molecule has 1 nitrogen and oxygen atoms in total. The number of Topliss-reactive ketones (excluding diaryl/α,β-unsaturated/α-hetero) is 1. The van der Waals surface area contributed by atoms with Crippen molar-refractivity contribution in [1.82, 2.24) is 0 Å². The van der Waals surface area contributed by atoms with Crippen molar-refractivity contribution < 1.29 is 4.79 Å². The Bertz CT molecular complexity index is 172. The average Bonchev–Trinajstić information content (AvgIpc) is 1.83. The summed E-state index contributed by atoms with van der Waals surface area (Å²) in [5.74, 6) is 0.568. The van der Waals surface area contributed by atoms with Crippen LogP contribution in [0.2, 0.25) is 0 Å². The molecule has 0 aliphatic heterocycles. The van der Waals surface area contributed by atoms with E-state index in [-0.39, 0.29) is 11.3 Å². The minimum atomic E-state index is 0.117. The Labute approximate surface area is 62.1 Å². The maximum absolute atomic E-state index is 11.0. The van der Waals surface area contributed by atoms with Crippen molar-refractivity contribution >= 4 is 5.78 Å². The first-order valence-electron chi connectivity index (χ1n) is 3.74. The summed E-state index contributed by atoms with van der Waals surface area (Å²) >= 11 is 0. The van der Waals surface area contributed by atoms with Crippen LogP contribution in [0.4, 0.5) is 0 Å². The highest BCUT2D eigenvalue weighted by Gasteiger charge is 2.42. The number of rotatable bonds is 2. The molecule has 0 amide bonds. The molecule has 1 aliphatic carbocycles. The molecule has 1 rings (SSSR count). The molecule has 2 atom stereocenters. The van der Waals surface area contributed by atoms with Gasteiger partial charge in [0.1, 0.15) is 5.78 Å². The maximum atomic E-state index is 11.0. The van der Waals surface area contributed by atoms with Gasteiger partial charge in [-0.15, -0.1) is 6.58 Å². The van der Waals surface area contributed by atoms with E-state index < -0.39 is 0 Å². The van der Waals surface area contributed by atoms with E-state index in [1.54, 1.807) is 6.92 Å². The molecule has 1 fully saturated rings. The lowest BCUT2D eigenvalue weighted by Gasteiger charge is -2.43. The minimum Gasteiger partial charge on any atom is -0.300 e. The highest BCUT2D eigenvalue weighted by Crippen LogP contribution is 2.47. The molecule has 0 aromatic heterocycles. The van der Waals surface area contributed by atoms with Crippen LogP contribution in [0.3, 0.4) is 0 Å². The van der Waals surface area contributed by atoms with Crippen LogP contribution in [-0.2, 0) is 4.79 Å². The third-order valence-corrected chi connectivity index (χ3v) is 2.72. The van der Waals surface area contributed by atoms with E-state index in [2.05, 4.69) is 13.5 Å². The fraction of sp³-hybridized carbons (Fsp3) is 0.667. The molecule has 0 unspecified atom stereocenters. The highest BCUT2D eigenvalue weighted by molar-refractivity contribution is 5.80. The number of allylic oxidation sites excluding steroid dienone is 1. The predicted octanol–water partition coefficient (Wildman–Crippen LogP) is 2.18. The SMILES string of the molecule is C=C[C@]1(C)CC[C@H]1C(C)=O.